The normalized spacial score (nSPS) is 21.3. The summed E-state index contributed by atoms with van der Waals surface area (Å²) < 4.78 is 32.3. The maximum Gasteiger partial charge on any atom is 0.407 e. The van der Waals surface area contributed by atoms with Gasteiger partial charge in [0.1, 0.15) is 11.4 Å². The van der Waals surface area contributed by atoms with Gasteiger partial charge in [0, 0.05) is 26.2 Å². The Kier molecular flexibility index (Phi) is 4.72. The van der Waals surface area contributed by atoms with Gasteiger partial charge in [0.2, 0.25) is 5.88 Å². The van der Waals surface area contributed by atoms with Gasteiger partial charge in [-0.15, -0.1) is 0 Å². The van der Waals surface area contributed by atoms with Crippen LogP contribution in [0.25, 0.3) is 0 Å². The van der Waals surface area contributed by atoms with Crippen LogP contribution in [0.2, 0.25) is 0 Å². The number of anilines is 1. The summed E-state index contributed by atoms with van der Waals surface area (Å²) >= 11 is 0. The van der Waals surface area contributed by atoms with Crippen LogP contribution in [0, 0.1) is 5.92 Å². The number of carbonyl (C=O) groups is 2. The van der Waals surface area contributed by atoms with Crippen LogP contribution in [0.1, 0.15) is 23.3 Å². The van der Waals surface area contributed by atoms with Crippen molar-refractivity contribution in [1.82, 2.24) is 14.8 Å². The van der Waals surface area contributed by atoms with Crippen LogP contribution in [-0.2, 0) is 0 Å². The monoisotopic (exact) mass is 396 g/mol. The molecule has 2 aliphatic heterocycles. The molecule has 0 spiro atoms. The number of pyridine rings is 1. The van der Waals surface area contributed by atoms with E-state index in [0.29, 0.717) is 18.2 Å². The Hall–Kier alpha value is -2.65. The number of alkyl halides is 2. The number of hydrogen-bond acceptors (Lipinski definition) is 5. The lowest BCUT2D eigenvalue weighted by Gasteiger charge is -2.40. The van der Waals surface area contributed by atoms with Crippen LogP contribution in [-0.4, -0.2) is 83.7 Å². The van der Waals surface area contributed by atoms with Gasteiger partial charge in [-0.05, 0) is 30.9 Å². The molecule has 3 heterocycles. The third-order valence-corrected chi connectivity index (χ3v) is 5.23. The van der Waals surface area contributed by atoms with Crippen LogP contribution in [0.15, 0.2) is 12.1 Å². The summed E-state index contributed by atoms with van der Waals surface area (Å²) in [5.41, 5.74) is 0.643. The molecule has 0 radical (unpaired) electrons. The van der Waals surface area contributed by atoms with Crippen LogP contribution in [0.5, 0.6) is 5.88 Å². The third kappa shape index (κ3) is 3.95. The van der Waals surface area contributed by atoms with Crippen LogP contribution >= 0.6 is 0 Å². The maximum absolute atomic E-state index is 13.3. The molecule has 1 saturated carbocycles. The van der Waals surface area contributed by atoms with Crippen molar-refractivity contribution < 1.29 is 28.2 Å². The Morgan fingerprint density at radius 3 is 2.36 bits per heavy atom. The first-order valence-corrected chi connectivity index (χ1v) is 9.36. The number of amides is 2. The maximum atomic E-state index is 13.3. The molecule has 4 rings (SSSR count). The summed E-state index contributed by atoms with van der Waals surface area (Å²) in [4.78, 5) is 32.4. The topological polar surface area (TPSA) is 86.2 Å². The van der Waals surface area contributed by atoms with Gasteiger partial charge >= 0.3 is 6.09 Å². The van der Waals surface area contributed by atoms with Crippen LogP contribution < -0.4 is 9.64 Å². The van der Waals surface area contributed by atoms with Crippen molar-refractivity contribution in [2.45, 2.75) is 18.8 Å². The SMILES string of the molecule is O=C(O)N1CCN(C(=O)c2ccc(N3CC(F)(F)C3)c(OCC3CC3)n2)CC1. The summed E-state index contributed by atoms with van der Waals surface area (Å²) in [6.45, 7) is 0.730. The molecule has 3 aliphatic rings. The van der Waals surface area contributed by atoms with E-state index in [-0.39, 0.29) is 56.7 Å². The molecular weight excluding hydrogens is 374 g/mol. The molecule has 152 valence electrons. The fourth-order valence-electron chi connectivity index (χ4n) is 3.33. The fourth-order valence-corrected chi connectivity index (χ4v) is 3.33. The first-order chi connectivity index (χ1) is 13.3. The molecule has 8 nitrogen and oxygen atoms in total. The minimum atomic E-state index is -2.72. The zero-order valence-corrected chi connectivity index (χ0v) is 15.3. The van der Waals surface area contributed by atoms with E-state index in [0.717, 1.165) is 12.8 Å². The number of aromatic nitrogens is 1. The summed E-state index contributed by atoms with van der Waals surface area (Å²) in [5.74, 6) is -2.37. The van der Waals surface area contributed by atoms with Gasteiger partial charge in [-0.1, -0.05) is 0 Å². The smallest absolute Gasteiger partial charge is 0.407 e. The minimum absolute atomic E-state index is 0.172. The van der Waals surface area contributed by atoms with Crippen molar-refractivity contribution >= 4 is 17.7 Å². The first kappa shape index (κ1) is 18.7. The van der Waals surface area contributed by atoms with Crippen LogP contribution in [0.3, 0.4) is 0 Å². The quantitative estimate of drug-likeness (QED) is 0.816. The van der Waals surface area contributed by atoms with Crippen molar-refractivity contribution in [1.29, 1.82) is 0 Å². The van der Waals surface area contributed by atoms with E-state index in [1.54, 1.807) is 11.0 Å². The van der Waals surface area contributed by atoms with Gasteiger partial charge < -0.3 is 24.5 Å². The number of piperazine rings is 1. The Balaban J connectivity index is 1.48. The second-order valence-corrected chi connectivity index (χ2v) is 7.55. The van der Waals surface area contributed by atoms with E-state index in [1.165, 1.54) is 15.9 Å². The molecule has 1 N–H and O–H groups in total. The molecule has 2 saturated heterocycles. The van der Waals surface area contributed by atoms with Crippen molar-refractivity contribution in [3.63, 3.8) is 0 Å². The van der Waals surface area contributed by atoms with Crippen molar-refractivity contribution in [3.05, 3.63) is 17.8 Å². The molecular formula is C18H22F2N4O4. The first-order valence-electron chi connectivity index (χ1n) is 9.36. The van der Waals surface area contributed by atoms with Gasteiger partial charge in [0.15, 0.2) is 0 Å². The molecule has 28 heavy (non-hydrogen) atoms. The Morgan fingerprint density at radius 2 is 1.79 bits per heavy atom. The highest BCUT2D eigenvalue weighted by Gasteiger charge is 2.45. The summed E-state index contributed by atoms with van der Waals surface area (Å²) in [5, 5.41) is 9.01. The Bertz CT molecular complexity index is 771. The number of nitrogens with zero attached hydrogens (tertiary/aromatic N) is 4. The number of carboxylic acid groups (broad SMARTS) is 1. The molecule has 0 bridgehead atoms. The van der Waals surface area contributed by atoms with Crippen molar-refractivity contribution in [2.24, 2.45) is 5.92 Å². The highest BCUT2D eigenvalue weighted by atomic mass is 19.3. The predicted octanol–water partition coefficient (Wildman–Crippen LogP) is 1.76. The zero-order valence-electron chi connectivity index (χ0n) is 15.3. The van der Waals surface area contributed by atoms with Crippen LogP contribution in [0.4, 0.5) is 19.3 Å². The van der Waals surface area contributed by atoms with Crippen molar-refractivity contribution in [3.8, 4) is 5.88 Å². The third-order valence-electron chi connectivity index (χ3n) is 5.23. The van der Waals surface area contributed by atoms with E-state index in [1.807, 2.05) is 0 Å². The number of halogens is 2. The van der Waals surface area contributed by atoms with E-state index >= 15 is 0 Å². The van der Waals surface area contributed by atoms with E-state index in [2.05, 4.69) is 4.98 Å². The van der Waals surface area contributed by atoms with Gasteiger partial charge in [-0.25, -0.2) is 18.6 Å². The molecule has 10 heteroatoms. The lowest BCUT2D eigenvalue weighted by atomic mass is 10.1. The van der Waals surface area contributed by atoms with Crippen molar-refractivity contribution in [2.75, 3.05) is 50.8 Å². The lowest BCUT2D eigenvalue weighted by molar-refractivity contribution is -0.0265. The second kappa shape index (κ2) is 7.06. The fraction of sp³-hybridized carbons (Fsp3) is 0.611. The standard InChI is InChI=1S/C18H22F2N4O4/c19-18(20)10-24(11-18)14-4-3-13(21-15(14)28-9-12-1-2-12)16(25)22-5-7-23(8-6-22)17(26)27/h3-4,12H,1-2,5-11H2,(H,26,27). The number of ether oxygens (including phenoxy) is 1. The molecule has 1 aromatic heterocycles. The van der Waals surface area contributed by atoms with E-state index in [9.17, 15) is 18.4 Å². The second-order valence-electron chi connectivity index (χ2n) is 7.55. The Morgan fingerprint density at radius 1 is 1.14 bits per heavy atom. The molecule has 3 fully saturated rings. The number of carbonyl (C=O) groups excluding carboxylic acids is 1. The molecule has 0 atom stereocenters. The van der Waals surface area contributed by atoms with Gasteiger partial charge in [-0.2, -0.15) is 0 Å². The molecule has 2 amide bonds. The largest absolute Gasteiger partial charge is 0.476 e. The highest BCUT2D eigenvalue weighted by molar-refractivity contribution is 5.93. The summed E-state index contributed by atoms with van der Waals surface area (Å²) in [6.07, 6.45) is 1.14. The molecule has 0 aromatic carbocycles. The van der Waals surface area contributed by atoms with E-state index < -0.39 is 12.0 Å². The number of hydrogen-bond donors (Lipinski definition) is 1. The molecule has 1 aromatic rings. The summed E-state index contributed by atoms with van der Waals surface area (Å²) in [7, 11) is 0. The average Bonchev–Trinajstić information content (AvgIpc) is 3.48. The van der Waals surface area contributed by atoms with Gasteiger partial charge in [0.05, 0.1) is 19.7 Å². The Labute approximate surface area is 160 Å². The van der Waals surface area contributed by atoms with E-state index in [4.69, 9.17) is 9.84 Å². The van der Waals surface area contributed by atoms with Gasteiger partial charge in [-0.3, -0.25) is 4.79 Å². The molecule has 1 aliphatic carbocycles. The van der Waals surface area contributed by atoms with Gasteiger partial charge in [0.25, 0.3) is 11.8 Å². The zero-order chi connectivity index (χ0) is 19.9. The minimum Gasteiger partial charge on any atom is -0.476 e. The average molecular weight is 396 g/mol. The number of rotatable bonds is 5. The molecule has 0 unspecified atom stereocenters. The lowest BCUT2D eigenvalue weighted by Crippen LogP contribution is -2.56. The highest BCUT2D eigenvalue weighted by Crippen LogP contribution is 2.38. The predicted molar refractivity (Wildman–Crippen MR) is 95.1 cm³/mol. The summed E-state index contributed by atoms with van der Waals surface area (Å²) in [6, 6.07) is 3.12.